The van der Waals surface area contributed by atoms with Crippen molar-refractivity contribution in [3.8, 4) is 0 Å². The van der Waals surface area contributed by atoms with Gasteiger partial charge in [-0.1, -0.05) is 24.6 Å². The predicted molar refractivity (Wildman–Crippen MR) is 63.2 cm³/mol. The van der Waals surface area contributed by atoms with E-state index in [1.54, 1.807) is 0 Å². The first kappa shape index (κ1) is 10.5. The molecule has 1 heterocycles. The van der Waals surface area contributed by atoms with Gasteiger partial charge in [0.1, 0.15) is 11.3 Å². The number of nitrogens with two attached hydrogens (primary N) is 1. The molecule has 0 bridgehead atoms. The molecule has 3 nitrogen and oxygen atoms in total. The van der Waals surface area contributed by atoms with Gasteiger partial charge in [-0.05, 0) is 19.1 Å². The van der Waals surface area contributed by atoms with E-state index in [0.717, 1.165) is 16.9 Å². The van der Waals surface area contributed by atoms with Crippen molar-refractivity contribution in [2.45, 2.75) is 25.8 Å². The normalized spacial score (nSPS) is 15.5. The van der Waals surface area contributed by atoms with Crippen molar-refractivity contribution in [1.29, 1.82) is 0 Å². The van der Waals surface area contributed by atoms with E-state index in [0.29, 0.717) is 5.02 Å². The van der Waals surface area contributed by atoms with E-state index in [9.17, 15) is 0 Å². The van der Waals surface area contributed by atoms with Crippen LogP contribution in [0.3, 0.4) is 0 Å². The molecular weight excluding hydrogens is 210 g/mol. The highest BCUT2D eigenvalue weighted by molar-refractivity contribution is 6.34. The van der Waals surface area contributed by atoms with E-state index < -0.39 is 0 Å². The Morgan fingerprint density at radius 1 is 1.40 bits per heavy atom. The smallest absolute Gasteiger partial charge is 0.111 e. The molecule has 2 unspecified atom stereocenters. The van der Waals surface area contributed by atoms with Crippen LogP contribution in [-0.2, 0) is 0 Å². The number of imidazole rings is 1. The number of aromatic amines is 1. The van der Waals surface area contributed by atoms with Gasteiger partial charge < -0.3 is 10.7 Å². The molecular formula is C11H14ClN3. The fourth-order valence-electron chi connectivity index (χ4n) is 1.48. The quantitative estimate of drug-likeness (QED) is 0.823. The molecule has 4 heteroatoms. The van der Waals surface area contributed by atoms with Gasteiger partial charge in [-0.3, -0.25) is 0 Å². The largest absolute Gasteiger partial charge is 0.342 e. The van der Waals surface area contributed by atoms with Crippen LogP contribution < -0.4 is 5.73 Å². The zero-order valence-corrected chi connectivity index (χ0v) is 9.55. The molecule has 2 aromatic rings. The van der Waals surface area contributed by atoms with Crippen LogP contribution in [0.1, 0.15) is 25.6 Å². The van der Waals surface area contributed by atoms with Crippen LogP contribution >= 0.6 is 11.6 Å². The van der Waals surface area contributed by atoms with Gasteiger partial charge in [0.2, 0.25) is 0 Å². The summed E-state index contributed by atoms with van der Waals surface area (Å²) in [4.78, 5) is 7.71. The third kappa shape index (κ3) is 1.85. The third-order valence-electron chi connectivity index (χ3n) is 2.70. The summed E-state index contributed by atoms with van der Waals surface area (Å²) in [6, 6.07) is 5.78. The second-order valence-electron chi connectivity index (χ2n) is 3.91. The van der Waals surface area contributed by atoms with E-state index in [1.165, 1.54) is 0 Å². The van der Waals surface area contributed by atoms with Gasteiger partial charge in [0.15, 0.2) is 0 Å². The highest BCUT2D eigenvalue weighted by atomic mass is 35.5. The number of nitrogens with zero attached hydrogens (tertiary/aromatic N) is 1. The molecule has 0 spiro atoms. The van der Waals surface area contributed by atoms with Crippen LogP contribution in [0.5, 0.6) is 0 Å². The van der Waals surface area contributed by atoms with Crippen molar-refractivity contribution in [2.75, 3.05) is 0 Å². The number of halogens is 1. The molecule has 0 aliphatic rings. The Bertz CT molecular complexity index is 476. The van der Waals surface area contributed by atoms with Crippen LogP contribution in [0.25, 0.3) is 11.0 Å². The highest BCUT2D eigenvalue weighted by Crippen LogP contribution is 2.24. The number of benzene rings is 1. The summed E-state index contributed by atoms with van der Waals surface area (Å²) in [6.07, 6.45) is 0. The molecule has 0 aliphatic carbocycles. The maximum absolute atomic E-state index is 6.04. The first-order chi connectivity index (χ1) is 7.09. The Balaban J connectivity index is 2.52. The topological polar surface area (TPSA) is 54.7 Å². The molecule has 1 aromatic heterocycles. The summed E-state index contributed by atoms with van der Waals surface area (Å²) < 4.78 is 0. The Morgan fingerprint density at radius 3 is 2.73 bits per heavy atom. The maximum atomic E-state index is 6.04. The van der Waals surface area contributed by atoms with Crippen molar-refractivity contribution in [2.24, 2.45) is 5.73 Å². The summed E-state index contributed by atoms with van der Waals surface area (Å²) in [5, 5.41) is 0.673. The number of hydrogen-bond acceptors (Lipinski definition) is 2. The van der Waals surface area contributed by atoms with Crippen molar-refractivity contribution in [3.05, 3.63) is 29.0 Å². The van der Waals surface area contributed by atoms with E-state index >= 15 is 0 Å². The number of para-hydroxylation sites is 1. The van der Waals surface area contributed by atoms with Gasteiger partial charge in [-0.2, -0.15) is 0 Å². The average molecular weight is 224 g/mol. The Hall–Kier alpha value is -1.06. The van der Waals surface area contributed by atoms with Crippen molar-refractivity contribution in [3.63, 3.8) is 0 Å². The molecule has 80 valence electrons. The first-order valence-corrected chi connectivity index (χ1v) is 5.37. The van der Waals surface area contributed by atoms with Gasteiger partial charge in [-0.25, -0.2) is 4.98 Å². The minimum atomic E-state index is 0.0735. The molecule has 3 N–H and O–H groups in total. The lowest BCUT2D eigenvalue weighted by Crippen LogP contribution is -2.23. The summed E-state index contributed by atoms with van der Waals surface area (Å²) in [5.74, 6) is 1.10. The summed E-state index contributed by atoms with van der Waals surface area (Å²) in [7, 11) is 0. The number of rotatable bonds is 2. The third-order valence-corrected chi connectivity index (χ3v) is 3.01. The molecule has 1 aromatic carbocycles. The zero-order chi connectivity index (χ0) is 11.0. The van der Waals surface area contributed by atoms with E-state index in [1.807, 2.05) is 25.1 Å². The van der Waals surface area contributed by atoms with Crippen molar-refractivity contribution < 1.29 is 0 Å². The fraction of sp³-hybridized carbons (Fsp3) is 0.364. The maximum Gasteiger partial charge on any atom is 0.111 e. The lowest BCUT2D eigenvalue weighted by atomic mass is 10.0. The van der Waals surface area contributed by atoms with Gasteiger partial charge in [-0.15, -0.1) is 0 Å². The monoisotopic (exact) mass is 223 g/mol. The van der Waals surface area contributed by atoms with Crippen LogP contribution in [-0.4, -0.2) is 16.0 Å². The summed E-state index contributed by atoms with van der Waals surface area (Å²) in [5.41, 5.74) is 7.62. The SMILES string of the molecule is CC(N)C(C)c1nc2c(Cl)cccc2[nH]1. The van der Waals surface area contributed by atoms with E-state index in [-0.39, 0.29) is 12.0 Å². The minimum Gasteiger partial charge on any atom is -0.342 e. The van der Waals surface area contributed by atoms with Gasteiger partial charge in [0.05, 0.1) is 10.5 Å². The lowest BCUT2D eigenvalue weighted by molar-refractivity contribution is 0.588. The minimum absolute atomic E-state index is 0.0735. The van der Waals surface area contributed by atoms with Gasteiger partial charge in [0, 0.05) is 12.0 Å². The predicted octanol–water partition coefficient (Wildman–Crippen LogP) is 2.67. The van der Waals surface area contributed by atoms with E-state index in [4.69, 9.17) is 17.3 Å². The molecule has 2 atom stereocenters. The molecule has 0 aliphatic heterocycles. The fourth-order valence-corrected chi connectivity index (χ4v) is 1.70. The molecule has 0 fully saturated rings. The van der Waals surface area contributed by atoms with E-state index in [2.05, 4.69) is 16.9 Å². The Kier molecular flexibility index (Phi) is 2.67. The number of H-pyrrole nitrogens is 1. The molecule has 0 amide bonds. The lowest BCUT2D eigenvalue weighted by Gasteiger charge is -2.11. The second-order valence-corrected chi connectivity index (χ2v) is 4.31. The van der Waals surface area contributed by atoms with Crippen LogP contribution in [0.15, 0.2) is 18.2 Å². The Morgan fingerprint density at radius 2 is 2.13 bits per heavy atom. The zero-order valence-electron chi connectivity index (χ0n) is 8.79. The number of aromatic nitrogens is 2. The van der Waals surface area contributed by atoms with Crippen molar-refractivity contribution in [1.82, 2.24) is 9.97 Å². The van der Waals surface area contributed by atoms with Gasteiger partial charge in [0.25, 0.3) is 0 Å². The number of fused-ring (bicyclic) bond motifs is 1. The number of hydrogen-bond donors (Lipinski definition) is 2. The first-order valence-electron chi connectivity index (χ1n) is 4.99. The summed E-state index contributed by atoms with van der Waals surface area (Å²) >= 11 is 6.04. The molecule has 15 heavy (non-hydrogen) atoms. The van der Waals surface area contributed by atoms with Gasteiger partial charge >= 0.3 is 0 Å². The molecule has 0 radical (unpaired) electrons. The van der Waals surface area contributed by atoms with Crippen LogP contribution in [0, 0.1) is 0 Å². The van der Waals surface area contributed by atoms with Crippen molar-refractivity contribution >= 4 is 22.6 Å². The molecule has 2 rings (SSSR count). The Labute approximate surface area is 93.6 Å². The van der Waals surface area contributed by atoms with Crippen LogP contribution in [0.4, 0.5) is 0 Å². The molecule has 0 saturated heterocycles. The number of nitrogens with one attached hydrogen (secondary N) is 1. The average Bonchev–Trinajstić information content (AvgIpc) is 2.61. The molecule has 0 saturated carbocycles. The standard InChI is InChI=1S/C11H14ClN3/c1-6(7(2)13)11-14-9-5-3-4-8(12)10(9)15-11/h3-7H,13H2,1-2H3,(H,14,15). The second kappa shape index (κ2) is 3.83. The highest BCUT2D eigenvalue weighted by Gasteiger charge is 2.15. The summed E-state index contributed by atoms with van der Waals surface area (Å²) in [6.45, 7) is 4.02. The van der Waals surface area contributed by atoms with Crippen LogP contribution in [0.2, 0.25) is 5.02 Å².